The molecule has 22 heavy (non-hydrogen) atoms. The lowest BCUT2D eigenvalue weighted by Gasteiger charge is -2.39. The van der Waals surface area contributed by atoms with E-state index < -0.39 is 0 Å². The number of nitrogens with zero attached hydrogens (tertiary/aromatic N) is 1. The number of amides is 1. The van der Waals surface area contributed by atoms with E-state index >= 15 is 0 Å². The largest absolute Gasteiger partial charge is 0.385 e. The lowest BCUT2D eigenvalue weighted by Crippen LogP contribution is -2.43. The number of hydrogen-bond acceptors (Lipinski definition) is 3. The monoisotopic (exact) mass is 303 g/mol. The first-order chi connectivity index (χ1) is 10.3. The van der Waals surface area contributed by atoms with Gasteiger partial charge in [-0.05, 0) is 37.5 Å². The molecule has 0 radical (unpaired) electrons. The maximum atomic E-state index is 12.5. The van der Waals surface area contributed by atoms with E-state index in [2.05, 4.69) is 19.9 Å². The van der Waals surface area contributed by atoms with Crippen LogP contribution < -0.4 is 4.90 Å². The number of benzene rings is 1. The highest BCUT2D eigenvalue weighted by molar-refractivity contribution is 6.02. The number of anilines is 1. The number of fused-ring (bicyclic) bond motifs is 1. The van der Waals surface area contributed by atoms with Gasteiger partial charge in [-0.15, -0.1) is 0 Å². The standard InChI is InChI=1S/C18H25NO3/c1-12-9-15-16(10-14(12)13(2)20)19(7-6-8-22-5)17(21)11-18(15,3)4/h9-10H,6-8,11H2,1-5H3. The van der Waals surface area contributed by atoms with Crippen LogP contribution in [0.4, 0.5) is 5.69 Å². The van der Waals surface area contributed by atoms with E-state index in [-0.39, 0.29) is 17.1 Å². The fourth-order valence-corrected chi connectivity index (χ4v) is 3.16. The highest BCUT2D eigenvalue weighted by Crippen LogP contribution is 2.41. The van der Waals surface area contributed by atoms with Crippen molar-refractivity contribution in [3.05, 3.63) is 28.8 Å². The van der Waals surface area contributed by atoms with Gasteiger partial charge in [0, 0.05) is 43.3 Å². The third-order valence-electron chi connectivity index (χ3n) is 4.37. The van der Waals surface area contributed by atoms with E-state index in [9.17, 15) is 9.59 Å². The molecule has 1 amide bonds. The number of ether oxygens (including phenoxy) is 1. The Bertz CT molecular complexity index is 605. The van der Waals surface area contributed by atoms with Crippen LogP contribution in [0.15, 0.2) is 12.1 Å². The van der Waals surface area contributed by atoms with Gasteiger partial charge in [0.25, 0.3) is 0 Å². The number of carbonyl (C=O) groups is 2. The number of rotatable bonds is 5. The molecule has 0 aromatic heterocycles. The molecule has 1 aliphatic heterocycles. The third kappa shape index (κ3) is 3.07. The topological polar surface area (TPSA) is 46.6 Å². The summed E-state index contributed by atoms with van der Waals surface area (Å²) in [5, 5.41) is 0. The number of hydrogen-bond donors (Lipinski definition) is 0. The summed E-state index contributed by atoms with van der Waals surface area (Å²) in [6.07, 6.45) is 1.28. The predicted octanol–water partition coefficient (Wildman–Crippen LogP) is 3.25. The Hall–Kier alpha value is -1.68. The number of carbonyl (C=O) groups excluding carboxylic acids is 2. The molecule has 0 saturated heterocycles. The first-order valence-electron chi connectivity index (χ1n) is 7.73. The van der Waals surface area contributed by atoms with Gasteiger partial charge in [0.1, 0.15) is 0 Å². The normalized spacial score (nSPS) is 16.6. The molecule has 4 nitrogen and oxygen atoms in total. The molecule has 0 saturated carbocycles. The van der Waals surface area contributed by atoms with Crippen molar-refractivity contribution in [3.8, 4) is 0 Å². The first-order valence-corrected chi connectivity index (χ1v) is 7.73. The SMILES string of the molecule is COCCCN1C(=O)CC(C)(C)c2cc(C)c(C(C)=O)cc21. The average Bonchev–Trinajstić information content (AvgIpc) is 2.41. The molecule has 120 valence electrons. The second kappa shape index (κ2) is 6.21. The molecular formula is C18H25NO3. The van der Waals surface area contributed by atoms with Gasteiger partial charge < -0.3 is 9.64 Å². The molecule has 4 heteroatoms. The van der Waals surface area contributed by atoms with E-state index in [0.717, 1.165) is 23.2 Å². The zero-order chi connectivity index (χ0) is 16.5. The summed E-state index contributed by atoms with van der Waals surface area (Å²) in [4.78, 5) is 26.2. The van der Waals surface area contributed by atoms with E-state index in [1.54, 1.807) is 14.0 Å². The summed E-state index contributed by atoms with van der Waals surface area (Å²) in [5.74, 6) is 0.153. The minimum Gasteiger partial charge on any atom is -0.385 e. The van der Waals surface area contributed by atoms with Gasteiger partial charge in [0.2, 0.25) is 5.91 Å². The van der Waals surface area contributed by atoms with Crippen LogP contribution in [-0.4, -0.2) is 32.0 Å². The molecular weight excluding hydrogens is 278 g/mol. The summed E-state index contributed by atoms with van der Waals surface area (Å²) in [7, 11) is 1.66. The number of aryl methyl sites for hydroxylation is 1. The Kier molecular flexibility index (Phi) is 4.71. The minimum absolute atomic E-state index is 0.0352. The van der Waals surface area contributed by atoms with Crippen LogP contribution in [0.3, 0.4) is 0 Å². The van der Waals surface area contributed by atoms with Crippen LogP contribution in [0.2, 0.25) is 0 Å². The summed E-state index contributed by atoms with van der Waals surface area (Å²) in [6, 6.07) is 3.96. The minimum atomic E-state index is -0.204. The third-order valence-corrected chi connectivity index (χ3v) is 4.37. The Morgan fingerprint density at radius 2 is 2.05 bits per heavy atom. The maximum Gasteiger partial charge on any atom is 0.227 e. The summed E-state index contributed by atoms with van der Waals surface area (Å²) in [5.41, 5.74) is 3.50. The van der Waals surface area contributed by atoms with Crippen molar-refractivity contribution in [2.24, 2.45) is 0 Å². The van der Waals surface area contributed by atoms with Gasteiger partial charge in [-0.25, -0.2) is 0 Å². The van der Waals surface area contributed by atoms with Crippen molar-refractivity contribution in [2.75, 3.05) is 25.2 Å². The molecule has 0 unspecified atom stereocenters. The molecule has 1 aromatic rings. The average molecular weight is 303 g/mol. The molecule has 0 aliphatic carbocycles. The molecule has 0 bridgehead atoms. The summed E-state index contributed by atoms with van der Waals surface area (Å²) < 4.78 is 5.09. The Labute approximate surface area is 132 Å². The fourth-order valence-electron chi connectivity index (χ4n) is 3.16. The zero-order valence-corrected chi connectivity index (χ0v) is 14.2. The van der Waals surface area contributed by atoms with Crippen LogP contribution in [0.5, 0.6) is 0 Å². The number of ketones is 1. The van der Waals surface area contributed by atoms with Crippen LogP contribution in [0.1, 0.15) is 55.1 Å². The maximum absolute atomic E-state index is 12.5. The van der Waals surface area contributed by atoms with Gasteiger partial charge in [-0.1, -0.05) is 19.9 Å². The molecule has 1 heterocycles. The summed E-state index contributed by atoms with van der Waals surface area (Å²) in [6.45, 7) is 8.94. The van der Waals surface area contributed by atoms with Gasteiger partial charge >= 0.3 is 0 Å². The van der Waals surface area contributed by atoms with Gasteiger partial charge in [0.05, 0.1) is 0 Å². The Morgan fingerprint density at radius 1 is 1.36 bits per heavy atom. The van der Waals surface area contributed by atoms with Crippen LogP contribution >= 0.6 is 0 Å². The van der Waals surface area contributed by atoms with Crippen LogP contribution in [0, 0.1) is 6.92 Å². The highest BCUT2D eigenvalue weighted by Gasteiger charge is 2.37. The molecule has 1 aromatic carbocycles. The lowest BCUT2D eigenvalue weighted by atomic mass is 9.76. The van der Waals surface area contributed by atoms with Crippen LogP contribution in [0.25, 0.3) is 0 Å². The smallest absolute Gasteiger partial charge is 0.227 e. The number of Topliss-reactive ketones (excluding diaryl/α,β-unsaturated/α-hetero) is 1. The molecule has 0 atom stereocenters. The second-order valence-electron chi connectivity index (χ2n) is 6.69. The predicted molar refractivity (Wildman–Crippen MR) is 87.7 cm³/mol. The van der Waals surface area contributed by atoms with E-state index in [1.807, 2.05) is 17.9 Å². The van der Waals surface area contributed by atoms with Crippen molar-refractivity contribution >= 4 is 17.4 Å². The quantitative estimate of drug-likeness (QED) is 0.619. The Balaban J connectivity index is 2.51. The molecule has 1 aliphatic rings. The summed E-state index contributed by atoms with van der Waals surface area (Å²) >= 11 is 0. The van der Waals surface area contributed by atoms with Gasteiger partial charge in [-0.2, -0.15) is 0 Å². The van der Waals surface area contributed by atoms with Crippen molar-refractivity contribution in [1.82, 2.24) is 0 Å². The first kappa shape index (κ1) is 16.7. The van der Waals surface area contributed by atoms with E-state index in [1.165, 1.54) is 0 Å². The molecule has 2 rings (SSSR count). The van der Waals surface area contributed by atoms with Crippen molar-refractivity contribution in [2.45, 2.75) is 46.0 Å². The highest BCUT2D eigenvalue weighted by atomic mass is 16.5. The Morgan fingerprint density at radius 3 is 2.64 bits per heavy atom. The van der Waals surface area contributed by atoms with E-state index in [0.29, 0.717) is 25.1 Å². The van der Waals surface area contributed by atoms with Crippen molar-refractivity contribution < 1.29 is 14.3 Å². The number of methoxy groups -OCH3 is 1. The zero-order valence-electron chi connectivity index (χ0n) is 14.2. The second-order valence-corrected chi connectivity index (χ2v) is 6.69. The fraction of sp³-hybridized carbons (Fsp3) is 0.556. The van der Waals surface area contributed by atoms with Crippen molar-refractivity contribution in [3.63, 3.8) is 0 Å². The van der Waals surface area contributed by atoms with E-state index in [4.69, 9.17) is 4.74 Å². The van der Waals surface area contributed by atoms with Gasteiger partial charge in [0.15, 0.2) is 5.78 Å². The molecule has 0 N–H and O–H groups in total. The van der Waals surface area contributed by atoms with Crippen molar-refractivity contribution in [1.29, 1.82) is 0 Å². The lowest BCUT2D eigenvalue weighted by molar-refractivity contribution is -0.120. The molecule has 0 spiro atoms. The van der Waals surface area contributed by atoms with Crippen LogP contribution in [-0.2, 0) is 14.9 Å². The molecule has 0 fully saturated rings. The van der Waals surface area contributed by atoms with Gasteiger partial charge in [-0.3, -0.25) is 9.59 Å².